The number of nitrogens with one attached hydrogen (secondary N) is 1. The SMILES string of the molecule is Cc1ccc(NS(=O)(=O)c2ccc(OCC(=O)N3CCCCC3)cc2)cc1C. The van der Waals surface area contributed by atoms with Gasteiger partial charge in [-0.25, -0.2) is 8.42 Å². The lowest BCUT2D eigenvalue weighted by Gasteiger charge is -2.26. The van der Waals surface area contributed by atoms with Crippen molar-refractivity contribution in [2.24, 2.45) is 0 Å². The monoisotopic (exact) mass is 402 g/mol. The maximum atomic E-state index is 12.6. The van der Waals surface area contributed by atoms with Crippen molar-refractivity contribution in [1.29, 1.82) is 0 Å². The van der Waals surface area contributed by atoms with Gasteiger partial charge in [0, 0.05) is 18.8 Å². The highest BCUT2D eigenvalue weighted by molar-refractivity contribution is 7.92. The predicted molar refractivity (Wildman–Crippen MR) is 109 cm³/mol. The summed E-state index contributed by atoms with van der Waals surface area (Å²) in [6, 6.07) is 11.5. The summed E-state index contributed by atoms with van der Waals surface area (Å²) in [4.78, 5) is 14.1. The third kappa shape index (κ3) is 5.04. The van der Waals surface area contributed by atoms with E-state index in [1.165, 1.54) is 12.1 Å². The molecule has 1 aliphatic rings. The Labute approximate surface area is 166 Å². The number of carbonyl (C=O) groups excluding carboxylic acids is 1. The molecular formula is C21H26N2O4S. The minimum absolute atomic E-state index is 0.0344. The molecule has 0 aromatic heterocycles. The Kier molecular flexibility index (Phi) is 6.24. The van der Waals surface area contributed by atoms with Gasteiger partial charge in [-0.3, -0.25) is 9.52 Å². The molecule has 0 saturated carbocycles. The van der Waals surface area contributed by atoms with E-state index < -0.39 is 10.0 Å². The third-order valence-electron chi connectivity index (χ3n) is 4.96. The number of ether oxygens (including phenoxy) is 1. The van der Waals surface area contributed by atoms with Crippen molar-refractivity contribution in [3.8, 4) is 5.75 Å². The molecule has 2 aromatic rings. The van der Waals surface area contributed by atoms with Crippen LogP contribution in [0.2, 0.25) is 0 Å². The zero-order chi connectivity index (χ0) is 20.1. The molecule has 7 heteroatoms. The van der Waals surface area contributed by atoms with Crippen LogP contribution in [0.15, 0.2) is 47.4 Å². The molecule has 150 valence electrons. The van der Waals surface area contributed by atoms with E-state index >= 15 is 0 Å². The number of amides is 1. The van der Waals surface area contributed by atoms with Gasteiger partial charge in [-0.2, -0.15) is 0 Å². The maximum absolute atomic E-state index is 12.6. The Morgan fingerprint density at radius 1 is 1.00 bits per heavy atom. The minimum Gasteiger partial charge on any atom is -0.484 e. The highest BCUT2D eigenvalue weighted by atomic mass is 32.2. The smallest absolute Gasteiger partial charge is 0.261 e. The summed E-state index contributed by atoms with van der Waals surface area (Å²) in [6.45, 7) is 5.44. The van der Waals surface area contributed by atoms with Crippen LogP contribution in [0.5, 0.6) is 5.75 Å². The number of sulfonamides is 1. The number of aryl methyl sites for hydroxylation is 2. The first-order chi connectivity index (χ1) is 13.3. The number of benzene rings is 2. The molecule has 0 spiro atoms. The summed E-state index contributed by atoms with van der Waals surface area (Å²) in [6.07, 6.45) is 3.23. The van der Waals surface area contributed by atoms with Crippen LogP contribution in [-0.4, -0.2) is 38.9 Å². The summed E-state index contributed by atoms with van der Waals surface area (Å²) in [7, 11) is -3.69. The van der Waals surface area contributed by atoms with Crippen LogP contribution < -0.4 is 9.46 Å². The van der Waals surface area contributed by atoms with Crippen molar-refractivity contribution in [1.82, 2.24) is 4.90 Å². The van der Waals surface area contributed by atoms with E-state index in [0.717, 1.165) is 43.5 Å². The highest BCUT2D eigenvalue weighted by Gasteiger charge is 2.18. The Morgan fingerprint density at radius 2 is 1.68 bits per heavy atom. The molecule has 3 rings (SSSR count). The summed E-state index contributed by atoms with van der Waals surface area (Å²) in [5.74, 6) is 0.434. The van der Waals surface area contributed by atoms with Crippen LogP contribution in [0.25, 0.3) is 0 Å². The number of nitrogens with zero attached hydrogens (tertiary/aromatic N) is 1. The van der Waals surface area contributed by atoms with E-state index in [2.05, 4.69) is 4.72 Å². The van der Waals surface area contributed by atoms with Gasteiger partial charge < -0.3 is 9.64 Å². The van der Waals surface area contributed by atoms with Gasteiger partial charge in [-0.1, -0.05) is 6.07 Å². The summed E-state index contributed by atoms with van der Waals surface area (Å²) < 4.78 is 33.3. The number of hydrogen-bond donors (Lipinski definition) is 1. The predicted octanol–water partition coefficient (Wildman–Crippen LogP) is 3.50. The lowest BCUT2D eigenvalue weighted by molar-refractivity contribution is -0.134. The molecule has 1 aliphatic heterocycles. The van der Waals surface area contributed by atoms with E-state index in [0.29, 0.717) is 11.4 Å². The molecule has 6 nitrogen and oxygen atoms in total. The second-order valence-electron chi connectivity index (χ2n) is 7.11. The second-order valence-corrected chi connectivity index (χ2v) is 8.79. The molecule has 1 heterocycles. The van der Waals surface area contributed by atoms with Crippen molar-refractivity contribution in [3.05, 3.63) is 53.6 Å². The van der Waals surface area contributed by atoms with Crippen LogP contribution in [0.4, 0.5) is 5.69 Å². The maximum Gasteiger partial charge on any atom is 0.261 e. The Hall–Kier alpha value is -2.54. The Bertz CT molecular complexity index is 933. The topological polar surface area (TPSA) is 75.7 Å². The fourth-order valence-electron chi connectivity index (χ4n) is 3.11. The molecule has 0 atom stereocenters. The number of likely N-dealkylation sites (tertiary alicyclic amines) is 1. The van der Waals surface area contributed by atoms with Gasteiger partial charge in [-0.05, 0) is 80.6 Å². The quantitative estimate of drug-likeness (QED) is 0.802. The van der Waals surface area contributed by atoms with Crippen molar-refractivity contribution < 1.29 is 17.9 Å². The molecule has 0 unspecified atom stereocenters. The van der Waals surface area contributed by atoms with Gasteiger partial charge in [0.25, 0.3) is 15.9 Å². The standard InChI is InChI=1S/C21H26N2O4S/c1-16-6-7-18(14-17(16)2)22-28(25,26)20-10-8-19(9-11-20)27-15-21(24)23-12-4-3-5-13-23/h6-11,14,22H,3-5,12-13,15H2,1-2H3. The van der Waals surface area contributed by atoms with Crippen molar-refractivity contribution in [2.45, 2.75) is 38.0 Å². The van der Waals surface area contributed by atoms with E-state index in [9.17, 15) is 13.2 Å². The minimum atomic E-state index is -3.69. The first-order valence-electron chi connectivity index (χ1n) is 9.46. The molecule has 0 radical (unpaired) electrons. The summed E-state index contributed by atoms with van der Waals surface area (Å²) in [5, 5.41) is 0. The van der Waals surface area contributed by atoms with E-state index in [-0.39, 0.29) is 17.4 Å². The Balaban J connectivity index is 1.60. The number of rotatable bonds is 6. The first-order valence-corrected chi connectivity index (χ1v) is 10.9. The number of carbonyl (C=O) groups is 1. The largest absolute Gasteiger partial charge is 0.484 e. The van der Waals surface area contributed by atoms with E-state index in [1.807, 2.05) is 24.8 Å². The van der Waals surface area contributed by atoms with Crippen LogP contribution in [0, 0.1) is 13.8 Å². The van der Waals surface area contributed by atoms with Crippen molar-refractivity contribution in [2.75, 3.05) is 24.4 Å². The van der Waals surface area contributed by atoms with Crippen LogP contribution >= 0.6 is 0 Å². The lowest BCUT2D eigenvalue weighted by Crippen LogP contribution is -2.38. The summed E-state index contributed by atoms with van der Waals surface area (Å²) in [5.41, 5.74) is 2.64. The van der Waals surface area contributed by atoms with Gasteiger partial charge in [0.15, 0.2) is 6.61 Å². The van der Waals surface area contributed by atoms with Crippen LogP contribution in [0.1, 0.15) is 30.4 Å². The molecular weight excluding hydrogens is 376 g/mol. The first kappa shape index (κ1) is 20.2. The molecule has 2 aromatic carbocycles. The van der Waals surface area contributed by atoms with Crippen molar-refractivity contribution in [3.63, 3.8) is 0 Å². The molecule has 0 aliphatic carbocycles. The average molecular weight is 403 g/mol. The zero-order valence-electron chi connectivity index (χ0n) is 16.3. The molecule has 1 N–H and O–H groups in total. The normalized spacial score (nSPS) is 14.6. The molecule has 1 fully saturated rings. The van der Waals surface area contributed by atoms with E-state index in [4.69, 9.17) is 4.74 Å². The molecule has 28 heavy (non-hydrogen) atoms. The molecule has 1 amide bonds. The Morgan fingerprint density at radius 3 is 2.32 bits per heavy atom. The van der Waals surface area contributed by atoms with Crippen LogP contribution in [0.3, 0.4) is 0 Å². The number of hydrogen-bond acceptors (Lipinski definition) is 4. The number of anilines is 1. The van der Waals surface area contributed by atoms with Gasteiger partial charge >= 0.3 is 0 Å². The molecule has 1 saturated heterocycles. The lowest BCUT2D eigenvalue weighted by atomic mass is 10.1. The fraction of sp³-hybridized carbons (Fsp3) is 0.381. The van der Waals surface area contributed by atoms with Crippen molar-refractivity contribution >= 4 is 21.6 Å². The highest BCUT2D eigenvalue weighted by Crippen LogP contribution is 2.21. The summed E-state index contributed by atoms with van der Waals surface area (Å²) >= 11 is 0. The van der Waals surface area contributed by atoms with Gasteiger partial charge in [0.1, 0.15) is 5.75 Å². The van der Waals surface area contributed by atoms with Gasteiger partial charge in [0.2, 0.25) is 0 Å². The van der Waals surface area contributed by atoms with Gasteiger partial charge in [0.05, 0.1) is 4.90 Å². The third-order valence-corrected chi connectivity index (χ3v) is 6.36. The van der Waals surface area contributed by atoms with Crippen LogP contribution in [-0.2, 0) is 14.8 Å². The second kappa shape index (κ2) is 8.65. The fourth-order valence-corrected chi connectivity index (χ4v) is 4.16. The molecule has 0 bridgehead atoms. The van der Waals surface area contributed by atoms with Gasteiger partial charge in [-0.15, -0.1) is 0 Å². The zero-order valence-corrected chi connectivity index (χ0v) is 17.1. The van der Waals surface area contributed by atoms with E-state index in [1.54, 1.807) is 24.3 Å². The number of piperidine rings is 1. The average Bonchev–Trinajstić information content (AvgIpc) is 2.70.